The van der Waals surface area contributed by atoms with Crippen LogP contribution in [0.3, 0.4) is 0 Å². The number of hydrogen-bond acceptors (Lipinski definition) is 8. The number of nitrogens with two attached hydrogens (primary N) is 1. The lowest BCUT2D eigenvalue weighted by molar-refractivity contribution is -0.118. The Labute approximate surface area is 243 Å². The van der Waals surface area contributed by atoms with Crippen LogP contribution in [0.5, 0.6) is 5.75 Å². The number of H-pyrrole nitrogens is 1. The number of benzene rings is 2. The summed E-state index contributed by atoms with van der Waals surface area (Å²) < 4.78 is 26.7. The lowest BCUT2D eigenvalue weighted by Crippen LogP contribution is -2.26. The summed E-state index contributed by atoms with van der Waals surface area (Å²) in [5.74, 6) is -0.200. The molecule has 0 unspecified atom stereocenters. The Hall–Kier alpha value is -3.29. The van der Waals surface area contributed by atoms with E-state index in [2.05, 4.69) is 25.6 Å². The van der Waals surface area contributed by atoms with Gasteiger partial charge in [-0.15, -0.1) is 12.4 Å². The molecular weight excluding hydrogens is 614 g/mol. The maximum atomic E-state index is 12.4. The number of nitrogen functional groups attached to an aromatic ring is 1. The topological polar surface area (TPSA) is 169 Å². The van der Waals surface area contributed by atoms with Crippen molar-refractivity contribution in [1.82, 2.24) is 20.3 Å². The highest BCUT2D eigenvalue weighted by Crippen LogP contribution is 2.28. The van der Waals surface area contributed by atoms with Gasteiger partial charge < -0.3 is 26.1 Å². The summed E-state index contributed by atoms with van der Waals surface area (Å²) in [4.78, 5) is 34.8. The minimum atomic E-state index is -3.54. The molecule has 39 heavy (non-hydrogen) atoms. The fraction of sp³-hybridized carbons (Fsp3) is 0.130. The smallest absolute Gasteiger partial charge is 0.272 e. The molecule has 2 aromatic heterocycles. The Morgan fingerprint density at radius 1 is 1.10 bits per heavy atom. The molecule has 0 aliphatic carbocycles. The molecule has 4 aromatic rings. The molecule has 2 amide bonds. The lowest BCUT2D eigenvalue weighted by atomic mass is 10.1. The molecule has 0 saturated heterocycles. The van der Waals surface area contributed by atoms with Gasteiger partial charge in [0, 0.05) is 23.4 Å². The van der Waals surface area contributed by atoms with Crippen molar-refractivity contribution in [1.29, 1.82) is 0 Å². The van der Waals surface area contributed by atoms with Crippen LogP contribution >= 0.6 is 46.3 Å². The summed E-state index contributed by atoms with van der Waals surface area (Å²) in [6.45, 7) is 0.274. The predicted octanol–water partition coefficient (Wildman–Crippen LogP) is 4.28. The van der Waals surface area contributed by atoms with Crippen molar-refractivity contribution in [2.24, 2.45) is 0 Å². The summed E-state index contributed by atoms with van der Waals surface area (Å²) in [5.41, 5.74) is 9.38. The number of aromatic nitrogens is 3. The van der Waals surface area contributed by atoms with Gasteiger partial charge in [-0.05, 0) is 35.4 Å². The van der Waals surface area contributed by atoms with Gasteiger partial charge in [0.05, 0.1) is 32.7 Å². The number of nitrogens with zero attached hydrogens (tertiary/aromatic N) is 2. The Kier molecular flexibility index (Phi) is 9.86. The second kappa shape index (κ2) is 12.7. The van der Waals surface area contributed by atoms with E-state index in [9.17, 15) is 18.0 Å². The Morgan fingerprint density at radius 2 is 1.85 bits per heavy atom. The van der Waals surface area contributed by atoms with Gasteiger partial charge >= 0.3 is 0 Å². The molecule has 0 radical (unpaired) electrons. The van der Waals surface area contributed by atoms with Gasteiger partial charge in [-0.2, -0.15) is 0 Å². The molecule has 16 heteroatoms. The number of carbonyl (C=O) groups is 2. The van der Waals surface area contributed by atoms with Gasteiger partial charge in [0.1, 0.15) is 17.6 Å². The van der Waals surface area contributed by atoms with E-state index in [4.69, 9.17) is 44.4 Å². The highest BCUT2D eigenvalue weighted by molar-refractivity contribution is 8.13. The Morgan fingerprint density at radius 3 is 2.56 bits per heavy atom. The van der Waals surface area contributed by atoms with Crippen LogP contribution in [-0.2, 0) is 26.1 Å². The zero-order chi connectivity index (χ0) is 27.4. The maximum absolute atomic E-state index is 12.4. The number of aromatic amines is 1. The quantitative estimate of drug-likeness (QED) is 0.236. The second-order valence-electron chi connectivity index (χ2n) is 7.97. The minimum absolute atomic E-state index is 0. The second-order valence-corrected chi connectivity index (χ2v) is 11.6. The molecule has 1 aliphatic heterocycles. The first kappa shape index (κ1) is 30.3. The van der Waals surface area contributed by atoms with E-state index in [1.807, 2.05) is 6.07 Å². The van der Waals surface area contributed by atoms with Crippen LogP contribution in [0.15, 0.2) is 48.9 Å². The van der Waals surface area contributed by atoms with Gasteiger partial charge in [0.25, 0.3) is 11.8 Å². The molecule has 11 nitrogen and oxygen atoms in total. The first-order valence-electron chi connectivity index (χ1n) is 10.8. The predicted molar refractivity (Wildman–Crippen MR) is 152 cm³/mol. The van der Waals surface area contributed by atoms with Gasteiger partial charge in [-0.25, -0.2) is 18.4 Å². The number of amides is 2. The molecule has 5 N–H and O–H groups in total. The highest BCUT2D eigenvalue weighted by atomic mass is 35.7. The molecule has 0 atom stereocenters. The average Bonchev–Trinajstić information content (AvgIpc) is 3.25. The van der Waals surface area contributed by atoms with E-state index in [0.717, 1.165) is 5.56 Å². The third-order valence-corrected chi connectivity index (χ3v) is 6.91. The average molecular weight is 634 g/mol. The van der Waals surface area contributed by atoms with Crippen LogP contribution in [0, 0.1) is 0 Å². The fourth-order valence-electron chi connectivity index (χ4n) is 3.47. The number of ether oxygens (including phenoxy) is 1. The molecule has 0 bridgehead atoms. The Bertz CT molecular complexity index is 1650. The molecule has 1 aliphatic rings. The van der Waals surface area contributed by atoms with Crippen LogP contribution in [-0.4, -0.2) is 41.8 Å². The van der Waals surface area contributed by atoms with Gasteiger partial charge in [0.2, 0.25) is 9.05 Å². The fourth-order valence-corrected chi connectivity index (χ4v) is 4.74. The normalized spacial score (nSPS) is 12.2. The zero-order valence-electron chi connectivity index (χ0n) is 19.7. The van der Waals surface area contributed by atoms with Crippen molar-refractivity contribution >= 4 is 89.6 Å². The Balaban J connectivity index is 0.000000256. The number of nitrogens with one attached hydrogen (secondary N) is 3. The van der Waals surface area contributed by atoms with Crippen LogP contribution in [0.25, 0.3) is 11.0 Å². The van der Waals surface area contributed by atoms with Gasteiger partial charge in [0.15, 0.2) is 12.3 Å². The number of hydrogen-bond donors (Lipinski definition) is 4. The monoisotopic (exact) mass is 632 g/mol. The van der Waals surface area contributed by atoms with Crippen molar-refractivity contribution in [2.45, 2.75) is 12.3 Å². The SMILES string of the molecule is Cl.Nc1c[nH]c2c(C(=O)NCc3ccc4c(c3)NC(=O)CO4)ncnc12.O=S(=O)(Cl)Cc1ccc(Cl)c(Cl)c1. The first-order valence-corrected chi connectivity index (χ1v) is 14.0. The van der Waals surface area contributed by atoms with Crippen molar-refractivity contribution in [3.63, 3.8) is 0 Å². The van der Waals surface area contributed by atoms with Crippen LogP contribution in [0.2, 0.25) is 10.0 Å². The summed E-state index contributed by atoms with van der Waals surface area (Å²) in [6, 6.07) is 9.90. The van der Waals surface area contributed by atoms with E-state index in [0.29, 0.717) is 43.8 Å². The van der Waals surface area contributed by atoms with E-state index in [-0.39, 0.29) is 48.8 Å². The largest absolute Gasteiger partial charge is 0.482 e. The molecule has 2 aromatic carbocycles. The van der Waals surface area contributed by atoms with Crippen LogP contribution in [0.1, 0.15) is 21.6 Å². The summed E-state index contributed by atoms with van der Waals surface area (Å²) >= 11 is 11.3. The molecular formula is C23H20Cl4N6O5S. The molecule has 0 saturated carbocycles. The molecule has 206 valence electrons. The lowest BCUT2D eigenvalue weighted by Gasteiger charge is -2.18. The summed E-state index contributed by atoms with van der Waals surface area (Å²) in [7, 11) is 1.52. The van der Waals surface area contributed by atoms with E-state index in [1.165, 1.54) is 18.5 Å². The third kappa shape index (κ3) is 7.87. The zero-order valence-corrected chi connectivity index (χ0v) is 23.6. The number of carbonyl (C=O) groups excluding carboxylic acids is 2. The van der Waals surface area contributed by atoms with Crippen LogP contribution in [0.4, 0.5) is 11.4 Å². The maximum Gasteiger partial charge on any atom is 0.272 e. The third-order valence-electron chi connectivity index (χ3n) is 5.16. The van der Waals surface area contributed by atoms with Crippen molar-refractivity contribution in [2.75, 3.05) is 17.7 Å². The van der Waals surface area contributed by atoms with Crippen molar-refractivity contribution in [3.05, 3.63) is 75.8 Å². The van der Waals surface area contributed by atoms with Gasteiger partial charge in [-0.1, -0.05) is 35.3 Å². The molecule has 3 heterocycles. The van der Waals surface area contributed by atoms with E-state index >= 15 is 0 Å². The van der Waals surface area contributed by atoms with Crippen molar-refractivity contribution in [3.8, 4) is 5.75 Å². The number of rotatable bonds is 5. The van der Waals surface area contributed by atoms with E-state index in [1.54, 1.807) is 24.4 Å². The van der Waals surface area contributed by atoms with Gasteiger partial charge in [-0.3, -0.25) is 9.59 Å². The van der Waals surface area contributed by atoms with Crippen LogP contribution < -0.4 is 21.1 Å². The standard InChI is InChI=1S/C16H14N6O3.C7H5Cl3O2S.ClH/c17-9-5-18-14-13(9)20-7-21-15(14)16(24)19-4-8-1-2-11-10(3-8)22-12(23)6-25-11;8-6-2-1-5(3-7(6)9)4-13(10,11)12;/h1-3,5,7,18H,4,6,17H2,(H,19,24)(H,22,23);1-3H,4H2;1H. The molecule has 5 rings (SSSR count). The number of anilines is 2. The van der Waals surface area contributed by atoms with Crippen molar-refractivity contribution < 1.29 is 22.7 Å². The summed E-state index contributed by atoms with van der Waals surface area (Å²) in [5, 5.41) is 6.23. The summed E-state index contributed by atoms with van der Waals surface area (Å²) in [6.07, 6.45) is 2.87. The van der Waals surface area contributed by atoms with E-state index < -0.39 is 9.05 Å². The molecule has 0 spiro atoms. The number of halogens is 4. The molecule has 0 fully saturated rings. The number of fused-ring (bicyclic) bond motifs is 2. The first-order chi connectivity index (χ1) is 18.0. The highest BCUT2D eigenvalue weighted by Gasteiger charge is 2.18. The minimum Gasteiger partial charge on any atom is -0.482 e.